The predicted molar refractivity (Wildman–Crippen MR) is 63.4 cm³/mol. The Hall–Kier alpha value is -1.17. The van der Waals surface area contributed by atoms with Crippen LogP contribution in [0, 0.1) is 24.5 Å². The Bertz CT molecular complexity index is 525. The van der Waals surface area contributed by atoms with Gasteiger partial charge in [0.2, 0.25) is 0 Å². The van der Waals surface area contributed by atoms with Crippen molar-refractivity contribution in [2.45, 2.75) is 38.5 Å². The molecule has 1 nitrogen and oxygen atoms in total. The Kier molecular flexibility index (Phi) is 3.57. The Morgan fingerprint density at radius 2 is 1.85 bits per heavy atom. The molecule has 0 aliphatic carbocycles. The van der Waals surface area contributed by atoms with Crippen LogP contribution in [0.2, 0.25) is 0 Å². The van der Waals surface area contributed by atoms with Crippen molar-refractivity contribution in [3.8, 4) is 0 Å². The van der Waals surface area contributed by atoms with Crippen LogP contribution in [0.15, 0.2) is 12.1 Å². The molecule has 0 radical (unpaired) electrons. The number of hydrogen-bond acceptors (Lipinski definition) is 1. The van der Waals surface area contributed by atoms with Gasteiger partial charge in [0, 0.05) is 11.8 Å². The summed E-state index contributed by atoms with van der Waals surface area (Å²) in [4.78, 5) is 0. The molecule has 0 unspecified atom stereocenters. The lowest BCUT2D eigenvalue weighted by molar-refractivity contribution is -0.266. The molecule has 1 aromatic rings. The zero-order chi connectivity index (χ0) is 15.3. The summed E-state index contributed by atoms with van der Waals surface area (Å²) in [6.45, 7) is 3.62. The number of halogens is 5. The molecular weight excluding hydrogens is 279 g/mol. The highest BCUT2D eigenvalue weighted by Gasteiger charge is 2.61. The van der Waals surface area contributed by atoms with Gasteiger partial charge in [0.05, 0.1) is 6.61 Å². The van der Waals surface area contributed by atoms with E-state index >= 15 is 0 Å². The van der Waals surface area contributed by atoms with Crippen molar-refractivity contribution < 1.29 is 26.7 Å². The third-order valence-electron chi connectivity index (χ3n) is 4.38. The van der Waals surface area contributed by atoms with E-state index in [2.05, 4.69) is 0 Å². The summed E-state index contributed by atoms with van der Waals surface area (Å²) in [6, 6.07) is 2.27. The van der Waals surface area contributed by atoms with Crippen LogP contribution in [0.3, 0.4) is 0 Å². The second kappa shape index (κ2) is 4.69. The van der Waals surface area contributed by atoms with Crippen molar-refractivity contribution in [2.75, 3.05) is 6.61 Å². The van der Waals surface area contributed by atoms with E-state index in [4.69, 9.17) is 4.74 Å². The lowest BCUT2D eigenvalue weighted by Gasteiger charge is -2.32. The first kappa shape index (κ1) is 15.2. The van der Waals surface area contributed by atoms with Gasteiger partial charge in [-0.25, -0.2) is 8.78 Å². The molecule has 1 fully saturated rings. The Morgan fingerprint density at radius 3 is 2.35 bits per heavy atom. The van der Waals surface area contributed by atoms with E-state index in [0.717, 1.165) is 13.0 Å². The molecule has 1 aliphatic rings. The lowest BCUT2D eigenvalue weighted by atomic mass is 9.78. The van der Waals surface area contributed by atoms with Crippen LogP contribution < -0.4 is 0 Å². The largest absolute Gasteiger partial charge is 0.417 e. The maximum Gasteiger partial charge on any atom is 0.417 e. The summed E-state index contributed by atoms with van der Waals surface area (Å²) in [5.74, 6) is -3.52. The molecule has 20 heavy (non-hydrogen) atoms. The first-order valence-corrected chi connectivity index (χ1v) is 6.24. The van der Waals surface area contributed by atoms with E-state index < -0.39 is 35.2 Å². The first-order valence-electron chi connectivity index (χ1n) is 6.24. The van der Waals surface area contributed by atoms with Crippen LogP contribution in [-0.4, -0.2) is 18.4 Å². The molecule has 1 heterocycles. The van der Waals surface area contributed by atoms with Gasteiger partial charge in [-0.05, 0) is 31.0 Å². The molecule has 3 atom stereocenters. The van der Waals surface area contributed by atoms with Gasteiger partial charge in [-0.2, -0.15) is 13.2 Å². The standard InChI is InChI=1S/C14H15F5O/c1-7-9(4-5-11(15)12(7)16)10-6-20-13(3,8(10)2)14(17,18)19/h4-5,8,10H,6H2,1-3H3/t8-,10-,13+/m0/s1. The average molecular weight is 294 g/mol. The van der Waals surface area contributed by atoms with Crippen molar-refractivity contribution in [2.24, 2.45) is 5.92 Å². The molecule has 112 valence electrons. The van der Waals surface area contributed by atoms with E-state index in [9.17, 15) is 22.0 Å². The first-order chi connectivity index (χ1) is 9.09. The van der Waals surface area contributed by atoms with Gasteiger partial charge in [-0.1, -0.05) is 13.0 Å². The van der Waals surface area contributed by atoms with Gasteiger partial charge in [-0.15, -0.1) is 0 Å². The summed E-state index contributed by atoms with van der Waals surface area (Å²) in [7, 11) is 0. The molecule has 0 aromatic heterocycles. The maximum atomic E-state index is 13.6. The average Bonchev–Trinajstić information content (AvgIpc) is 2.65. The highest BCUT2D eigenvalue weighted by molar-refractivity contribution is 5.33. The van der Waals surface area contributed by atoms with Crippen LogP contribution in [-0.2, 0) is 4.74 Å². The fourth-order valence-electron chi connectivity index (χ4n) is 2.69. The Labute approximate surface area is 113 Å². The highest BCUT2D eigenvalue weighted by atomic mass is 19.4. The van der Waals surface area contributed by atoms with E-state index in [1.807, 2.05) is 0 Å². The van der Waals surface area contributed by atoms with E-state index in [-0.39, 0.29) is 12.2 Å². The molecule has 1 aromatic carbocycles. The number of benzene rings is 1. The smallest absolute Gasteiger partial charge is 0.365 e. The fraction of sp³-hybridized carbons (Fsp3) is 0.571. The number of ether oxygens (including phenoxy) is 1. The molecule has 1 saturated heterocycles. The maximum absolute atomic E-state index is 13.6. The van der Waals surface area contributed by atoms with Crippen molar-refractivity contribution in [1.82, 2.24) is 0 Å². The molecule has 0 spiro atoms. The molecular formula is C14H15F5O. The van der Waals surface area contributed by atoms with Gasteiger partial charge in [-0.3, -0.25) is 0 Å². The van der Waals surface area contributed by atoms with Crippen LogP contribution in [0.1, 0.15) is 30.9 Å². The molecule has 0 saturated carbocycles. The quantitative estimate of drug-likeness (QED) is 0.700. The zero-order valence-corrected chi connectivity index (χ0v) is 11.3. The van der Waals surface area contributed by atoms with Crippen molar-refractivity contribution in [1.29, 1.82) is 0 Å². The summed E-state index contributed by atoms with van der Waals surface area (Å²) < 4.78 is 70.8. The summed E-state index contributed by atoms with van der Waals surface area (Å²) in [6.07, 6.45) is -4.51. The second-order valence-electron chi connectivity index (χ2n) is 5.39. The highest BCUT2D eigenvalue weighted by Crippen LogP contribution is 2.50. The van der Waals surface area contributed by atoms with E-state index in [0.29, 0.717) is 5.56 Å². The number of alkyl halides is 3. The molecule has 6 heteroatoms. The molecule has 1 aliphatic heterocycles. The number of rotatable bonds is 1. The van der Waals surface area contributed by atoms with E-state index in [1.165, 1.54) is 19.9 Å². The Morgan fingerprint density at radius 1 is 1.25 bits per heavy atom. The lowest BCUT2D eigenvalue weighted by Crippen LogP contribution is -2.46. The zero-order valence-electron chi connectivity index (χ0n) is 11.3. The minimum Gasteiger partial charge on any atom is -0.365 e. The van der Waals surface area contributed by atoms with Gasteiger partial charge < -0.3 is 4.74 Å². The second-order valence-corrected chi connectivity index (χ2v) is 5.39. The molecule has 2 rings (SSSR count). The molecule has 0 bridgehead atoms. The van der Waals surface area contributed by atoms with Gasteiger partial charge in [0.25, 0.3) is 0 Å². The minimum absolute atomic E-state index is 0.0388. The third kappa shape index (κ3) is 2.10. The number of hydrogen-bond donors (Lipinski definition) is 0. The van der Waals surface area contributed by atoms with E-state index in [1.54, 1.807) is 0 Å². The van der Waals surface area contributed by atoms with Gasteiger partial charge >= 0.3 is 6.18 Å². The normalized spacial score (nSPS) is 30.8. The third-order valence-corrected chi connectivity index (χ3v) is 4.38. The summed E-state index contributed by atoms with van der Waals surface area (Å²) in [5.41, 5.74) is -1.86. The van der Waals surface area contributed by atoms with Crippen molar-refractivity contribution >= 4 is 0 Å². The van der Waals surface area contributed by atoms with Gasteiger partial charge in [0.15, 0.2) is 17.2 Å². The summed E-state index contributed by atoms with van der Waals surface area (Å²) >= 11 is 0. The predicted octanol–water partition coefficient (Wildman–Crippen LogP) is 4.34. The fourth-order valence-corrected chi connectivity index (χ4v) is 2.69. The SMILES string of the molecule is Cc1c([C@H]2CO[C@@](C)(C(F)(F)F)[C@H]2C)ccc(F)c1F. The van der Waals surface area contributed by atoms with Crippen LogP contribution in [0.4, 0.5) is 22.0 Å². The van der Waals surface area contributed by atoms with Crippen LogP contribution >= 0.6 is 0 Å². The molecule has 0 N–H and O–H groups in total. The van der Waals surface area contributed by atoms with Crippen LogP contribution in [0.5, 0.6) is 0 Å². The Balaban J connectivity index is 2.40. The minimum atomic E-state index is -4.51. The van der Waals surface area contributed by atoms with Gasteiger partial charge in [0.1, 0.15) is 0 Å². The topological polar surface area (TPSA) is 9.23 Å². The van der Waals surface area contributed by atoms with Crippen LogP contribution in [0.25, 0.3) is 0 Å². The van der Waals surface area contributed by atoms with Crippen molar-refractivity contribution in [3.05, 3.63) is 34.9 Å². The monoisotopic (exact) mass is 294 g/mol. The molecule has 0 amide bonds. The summed E-state index contributed by atoms with van der Waals surface area (Å²) in [5, 5.41) is 0. The van der Waals surface area contributed by atoms with Crippen molar-refractivity contribution in [3.63, 3.8) is 0 Å².